The van der Waals surface area contributed by atoms with Crippen molar-refractivity contribution >= 4 is 23.7 Å². The molecule has 3 rings (SSSR count). The molecular formula is C19H18N2O3. The van der Waals surface area contributed by atoms with Crippen LogP contribution in [0.2, 0.25) is 0 Å². The maximum Gasteiger partial charge on any atom is 0.265 e. The number of nitrogens with zero attached hydrogens (tertiary/aromatic N) is 2. The summed E-state index contributed by atoms with van der Waals surface area (Å²) in [6.07, 6.45) is 1.52. The Hall–Kier alpha value is -2.79. The van der Waals surface area contributed by atoms with Gasteiger partial charge in [-0.3, -0.25) is 14.6 Å². The van der Waals surface area contributed by atoms with Crippen molar-refractivity contribution in [2.24, 2.45) is 4.99 Å². The van der Waals surface area contributed by atoms with E-state index in [2.05, 4.69) is 4.99 Å². The SMILES string of the molecule is Cc1ccccc1N1C(=O)c2ccccc2[C@@H](C=NCCO)C1=O. The van der Waals surface area contributed by atoms with Crippen LogP contribution in [0.25, 0.3) is 0 Å². The van der Waals surface area contributed by atoms with Crippen LogP contribution in [-0.2, 0) is 4.79 Å². The van der Waals surface area contributed by atoms with Gasteiger partial charge in [0.2, 0.25) is 5.91 Å². The number of aryl methyl sites for hydroxylation is 1. The minimum Gasteiger partial charge on any atom is -0.394 e. The van der Waals surface area contributed by atoms with E-state index in [1.807, 2.05) is 19.1 Å². The molecule has 5 heteroatoms. The van der Waals surface area contributed by atoms with Crippen molar-refractivity contribution in [3.05, 3.63) is 65.2 Å². The zero-order chi connectivity index (χ0) is 17.1. The Morgan fingerprint density at radius 1 is 1.12 bits per heavy atom. The number of amides is 2. The summed E-state index contributed by atoms with van der Waals surface area (Å²) < 4.78 is 0. The Balaban J connectivity index is 2.12. The lowest BCUT2D eigenvalue weighted by Crippen LogP contribution is -2.45. The zero-order valence-electron chi connectivity index (χ0n) is 13.3. The maximum absolute atomic E-state index is 13.0. The Labute approximate surface area is 140 Å². The summed E-state index contributed by atoms with van der Waals surface area (Å²) in [5, 5.41) is 8.90. The van der Waals surface area contributed by atoms with Gasteiger partial charge in [-0.2, -0.15) is 0 Å². The lowest BCUT2D eigenvalue weighted by molar-refractivity contribution is -0.118. The number of fused-ring (bicyclic) bond motifs is 1. The van der Waals surface area contributed by atoms with Crippen LogP contribution >= 0.6 is 0 Å². The van der Waals surface area contributed by atoms with Crippen LogP contribution in [0.3, 0.4) is 0 Å². The molecule has 0 bridgehead atoms. The summed E-state index contributed by atoms with van der Waals surface area (Å²) >= 11 is 0. The molecule has 1 aliphatic rings. The molecule has 0 fully saturated rings. The van der Waals surface area contributed by atoms with Gasteiger partial charge in [0.25, 0.3) is 5.91 Å². The molecule has 2 amide bonds. The fraction of sp³-hybridized carbons (Fsp3) is 0.211. The maximum atomic E-state index is 13.0. The number of aliphatic hydroxyl groups is 1. The Morgan fingerprint density at radius 2 is 1.83 bits per heavy atom. The molecule has 0 radical (unpaired) electrons. The van der Waals surface area contributed by atoms with Crippen LogP contribution < -0.4 is 4.90 Å². The van der Waals surface area contributed by atoms with Gasteiger partial charge in [-0.1, -0.05) is 36.4 Å². The highest BCUT2D eigenvalue weighted by molar-refractivity contribution is 6.29. The van der Waals surface area contributed by atoms with Gasteiger partial charge in [-0.15, -0.1) is 0 Å². The van der Waals surface area contributed by atoms with E-state index in [-0.39, 0.29) is 25.0 Å². The second-order valence-corrected chi connectivity index (χ2v) is 5.61. The van der Waals surface area contributed by atoms with E-state index >= 15 is 0 Å². The molecule has 1 atom stereocenters. The third-order valence-corrected chi connectivity index (χ3v) is 4.06. The molecule has 0 spiro atoms. The lowest BCUT2D eigenvalue weighted by atomic mass is 9.88. The molecule has 24 heavy (non-hydrogen) atoms. The zero-order valence-corrected chi connectivity index (χ0v) is 13.3. The van der Waals surface area contributed by atoms with Crippen molar-refractivity contribution in [1.29, 1.82) is 0 Å². The fourth-order valence-electron chi connectivity index (χ4n) is 2.88. The molecule has 0 aromatic heterocycles. The highest BCUT2D eigenvalue weighted by Gasteiger charge is 2.39. The topological polar surface area (TPSA) is 70.0 Å². The van der Waals surface area contributed by atoms with Crippen molar-refractivity contribution in [3.8, 4) is 0 Å². The summed E-state index contributed by atoms with van der Waals surface area (Å²) in [5.74, 6) is -1.28. The van der Waals surface area contributed by atoms with Crippen LogP contribution in [-0.4, -0.2) is 36.3 Å². The number of aliphatic hydroxyl groups excluding tert-OH is 1. The quantitative estimate of drug-likeness (QED) is 0.694. The smallest absolute Gasteiger partial charge is 0.265 e. The molecule has 5 nitrogen and oxygen atoms in total. The van der Waals surface area contributed by atoms with Gasteiger partial charge >= 0.3 is 0 Å². The predicted molar refractivity (Wildman–Crippen MR) is 92.6 cm³/mol. The Bertz CT molecular complexity index is 814. The highest BCUT2D eigenvalue weighted by Crippen LogP contribution is 2.33. The molecule has 0 aliphatic carbocycles. The van der Waals surface area contributed by atoms with Gasteiger partial charge in [0.1, 0.15) is 0 Å². The molecule has 1 N–H and O–H groups in total. The minimum absolute atomic E-state index is 0.0838. The molecule has 2 aromatic carbocycles. The van der Waals surface area contributed by atoms with Crippen LogP contribution in [0, 0.1) is 6.92 Å². The Kier molecular flexibility index (Phi) is 4.53. The molecule has 0 unspecified atom stereocenters. The average molecular weight is 322 g/mol. The van der Waals surface area contributed by atoms with E-state index in [1.54, 1.807) is 36.4 Å². The van der Waals surface area contributed by atoms with Crippen LogP contribution in [0.5, 0.6) is 0 Å². The average Bonchev–Trinajstić information content (AvgIpc) is 2.60. The number of carbonyl (C=O) groups is 2. The van der Waals surface area contributed by atoms with E-state index in [1.165, 1.54) is 11.1 Å². The van der Waals surface area contributed by atoms with Gasteiger partial charge < -0.3 is 5.11 Å². The first-order chi connectivity index (χ1) is 11.6. The minimum atomic E-state index is -0.634. The molecule has 1 heterocycles. The van der Waals surface area contributed by atoms with Crippen molar-refractivity contribution in [3.63, 3.8) is 0 Å². The molecule has 0 saturated carbocycles. The van der Waals surface area contributed by atoms with Crippen molar-refractivity contribution in [2.75, 3.05) is 18.1 Å². The summed E-state index contributed by atoms with van der Waals surface area (Å²) in [6, 6.07) is 14.4. The highest BCUT2D eigenvalue weighted by atomic mass is 16.3. The monoisotopic (exact) mass is 322 g/mol. The third kappa shape index (κ3) is 2.74. The first-order valence-corrected chi connectivity index (χ1v) is 7.79. The molecular weight excluding hydrogens is 304 g/mol. The summed E-state index contributed by atoms with van der Waals surface area (Å²) in [7, 11) is 0. The second-order valence-electron chi connectivity index (χ2n) is 5.61. The Morgan fingerprint density at radius 3 is 2.58 bits per heavy atom. The number of para-hydroxylation sites is 1. The van der Waals surface area contributed by atoms with E-state index in [9.17, 15) is 9.59 Å². The molecule has 2 aromatic rings. The number of hydrogen-bond acceptors (Lipinski definition) is 4. The van der Waals surface area contributed by atoms with E-state index in [0.29, 0.717) is 16.8 Å². The van der Waals surface area contributed by atoms with Crippen LogP contribution in [0.4, 0.5) is 5.69 Å². The van der Waals surface area contributed by atoms with Crippen LogP contribution in [0.1, 0.15) is 27.4 Å². The fourth-order valence-corrected chi connectivity index (χ4v) is 2.88. The largest absolute Gasteiger partial charge is 0.394 e. The lowest BCUT2D eigenvalue weighted by Gasteiger charge is -2.31. The number of carbonyl (C=O) groups excluding carboxylic acids is 2. The summed E-state index contributed by atoms with van der Waals surface area (Å²) in [6.45, 7) is 2.01. The number of imide groups is 1. The predicted octanol–water partition coefficient (Wildman–Crippen LogP) is 2.33. The molecule has 122 valence electrons. The summed E-state index contributed by atoms with van der Waals surface area (Å²) in [5.41, 5.74) is 2.59. The second kappa shape index (κ2) is 6.76. The van der Waals surface area contributed by atoms with Crippen molar-refractivity contribution in [1.82, 2.24) is 0 Å². The first-order valence-electron chi connectivity index (χ1n) is 7.79. The standard InChI is InChI=1S/C19H18N2O3/c1-13-6-2-5-9-17(13)21-18(23)15-8-4-3-7-14(15)16(19(21)24)12-20-10-11-22/h2-9,12,16,22H,10-11H2,1H3/t16-/m1/s1. The number of anilines is 1. The molecule has 1 aliphatic heterocycles. The van der Waals surface area contributed by atoms with Gasteiger partial charge in [0.05, 0.1) is 24.8 Å². The number of aliphatic imine (C=N–C) groups is 1. The number of benzene rings is 2. The molecule has 0 saturated heterocycles. The first kappa shape index (κ1) is 16.1. The summed E-state index contributed by atoms with van der Waals surface area (Å²) in [4.78, 5) is 31.2. The normalized spacial score (nSPS) is 17.4. The third-order valence-electron chi connectivity index (χ3n) is 4.06. The van der Waals surface area contributed by atoms with Gasteiger partial charge in [-0.25, -0.2) is 4.90 Å². The van der Waals surface area contributed by atoms with Crippen LogP contribution in [0.15, 0.2) is 53.5 Å². The van der Waals surface area contributed by atoms with Crippen molar-refractivity contribution < 1.29 is 14.7 Å². The van der Waals surface area contributed by atoms with Gasteiger partial charge in [-0.05, 0) is 30.2 Å². The number of rotatable bonds is 4. The van der Waals surface area contributed by atoms with E-state index < -0.39 is 5.92 Å². The number of hydrogen-bond donors (Lipinski definition) is 1. The van der Waals surface area contributed by atoms with Crippen molar-refractivity contribution in [2.45, 2.75) is 12.8 Å². The van der Waals surface area contributed by atoms with Gasteiger partial charge in [0, 0.05) is 11.8 Å². The van der Waals surface area contributed by atoms with E-state index in [4.69, 9.17) is 5.11 Å². The van der Waals surface area contributed by atoms with E-state index in [0.717, 1.165) is 5.56 Å². The van der Waals surface area contributed by atoms with Gasteiger partial charge in [0.15, 0.2) is 0 Å².